The Hall–Kier alpha value is -2.28. The highest BCUT2D eigenvalue weighted by molar-refractivity contribution is 7.91. The van der Waals surface area contributed by atoms with E-state index in [1.165, 1.54) is 22.9 Å². The highest BCUT2D eigenvalue weighted by Crippen LogP contribution is 2.13. The summed E-state index contributed by atoms with van der Waals surface area (Å²) in [6.45, 7) is 0. The summed E-state index contributed by atoms with van der Waals surface area (Å²) in [7, 11) is -2.00. The zero-order valence-electron chi connectivity index (χ0n) is 10.9. The third kappa shape index (κ3) is 3.61. The quantitative estimate of drug-likeness (QED) is 0.819. The minimum Gasteiger partial charge on any atom is -0.399 e. The Kier molecular flexibility index (Phi) is 3.80. The molecule has 0 aliphatic heterocycles. The summed E-state index contributed by atoms with van der Waals surface area (Å²) in [5.41, 5.74) is 6.87. The van der Waals surface area contributed by atoms with Gasteiger partial charge in [0.15, 0.2) is 0 Å². The molecule has 2 rings (SSSR count). The van der Waals surface area contributed by atoms with Crippen LogP contribution in [0.25, 0.3) is 0 Å². The monoisotopic (exact) mass is 293 g/mol. The molecule has 0 unspecified atom stereocenters. The molecular formula is C13H15N3O3S. The summed E-state index contributed by atoms with van der Waals surface area (Å²) < 4.78 is 27.8. The predicted octanol–water partition coefficient (Wildman–Crippen LogP) is 0.909. The van der Waals surface area contributed by atoms with Gasteiger partial charge in [0, 0.05) is 25.0 Å². The van der Waals surface area contributed by atoms with E-state index in [1.54, 1.807) is 31.3 Å². The van der Waals surface area contributed by atoms with E-state index in [4.69, 9.17) is 5.73 Å². The average Bonchev–Trinajstić information content (AvgIpc) is 2.33. The van der Waals surface area contributed by atoms with Crippen LogP contribution in [-0.2, 0) is 22.8 Å². The van der Waals surface area contributed by atoms with E-state index in [-0.39, 0.29) is 11.3 Å². The van der Waals surface area contributed by atoms with E-state index in [0.717, 1.165) is 0 Å². The molecular weight excluding hydrogens is 278 g/mol. The van der Waals surface area contributed by atoms with E-state index < -0.39 is 10.0 Å². The summed E-state index contributed by atoms with van der Waals surface area (Å²) in [5, 5.41) is 0. The number of nitrogens with zero attached hydrogens (tertiary/aromatic N) is 1. The third-order valence-corrected chi connectivity index (χ3v) is 3.93. The first kappa shape index (κ1) is 14.1. The maximum atomic E-state index is 12.0. The van der Waals surface area contributed by atoms with Gasteiger partial charge in [-0.1, -0.05) is 12.1 Å². The average molecular weight is 293 g/mol. The van der Waals surface area contributed by atoms with Crippen LogP contribution in [0.2, 0.25) is 0 Å². The van der Waals surface area contributed by atoms with Crippen LogP contribution in [0.1, 0.15) is 5.56 Å². The van der Waals surface area contributed by atoms with Crippen molar-refractivity contribution >= 4 is 21.4 Å². The molecule has 6 nitrogen and oxygen atoms in total. The number of nitrogens with two attached hydrogens (primary N) is 1. The second-order valence-corrected chi connectivity index (χ2v) is 6.20. The summed E-state index contributed by atoms with van der Waals surface area (Å²) in [6.07, 6.45) is 1.43. The Bertz CT molecular complexity index is 781. The molecule has 0 fully saturated rings. The van der Waals surface area contributed by atoms with Crippen LogP contribution < -0.4 is 16.0 Å². The predicted molar refractivity (Wildman–Crippen MR) is 78.8 cm³/mol. The standard InChI is InChI=1S/C13H15N3O3S/c1-16-8-12(5-6-13(16)17)15-20(18,19)9-10-3-2-4-11(14)7-10/h2-8,15H,9,14H2,1H3. The molecule has 0 aliphatic rings. The van der Waals surface area contributed by atoms with Crippen LogP contribution in [0, 0.1) is 0 Å². The van der Waals surface area contributed by atoms with Crippen molar-refractivity contribution in [3.63, 3.8) is 0 Å². The van der Waals surface area contributed by atoms with Gasteiger partial charge in [-0.25, -0.2) is 8.42 Å². The van der Waals surface area contributed by atoms with Gasteiger partial charge in [0.2, 0.25) is 15.6 Å². The number of aromatic nitrogens is 1. The molecule has 20 heavy (non-hydrogen) atoms. The normalized spacial score (nSPS) is 11.2. The van der Waals surface area contributed by atoms with Gasteiger partial charge in [0.1, 0.15) is 0 Å². The SMILES string of the molecule is Cn1cc(NS(=O)(=O)Cc2cccc(N)c2)ccc1=O. The second kappa shape index (κ2) is 5.38. The van der Waals surface area contributed by atoms with Gasteiger partial charge < -0.3 is 10.3 Å². The minimum absolute atomic E-state index is 0.180. The molecule has 0 aliphatic carbocycles. The zero-order valence-corrected chi connectivity index (χ0v) is 11.7. The van der Waals surface area contributed by atoms with E-state index in [2.05, 4.69) is 4.72 Å². The van der Waals surface area contributed by atoms with Crippen molar-refractivity contribution in [3.8, 4) is 0 Å². The van der Waals surface area contributed by atoms with Crippen LogP contribution in [0.5, 0.6) is 0 Å². The van der Waals surface area contributed by atoms with Crippen molar-refractivity contribution in [2.75, 3.05) is 10.5 Å². The van der Waals surface area contributed by atoms with Gasteiger partial charge >= 0.3 is 0 Å². The van der Waals surface area contributed by atoms with E-state index >= 15 is 0 Å². The fourth-order valence-corrected chi connectivity index (χ4v) is 2.94. The van der Waals surface area contributed by atoms with Crippen molar-refractivity contribution in [1.29, 1.82) is 0 Å². The molecule has 1 heterocycles. The molecule has 0 bridgehead atoms. The molecule has 1 aromatic heterocycles. The van der Waals surface area contributed by atoms with E-state index in [0.29, 0.717) is 16.9 Å². The number of aryl methyl sites for hydroxylation is 1. The number of rotatable bonds is 4. The van der Waals surface area contributed by atoms with Crippen molar-refractivity contribution in [1.82, 2.24) is 4.57 Å². The number of nitrogens with one attached hydrogen (secondary N) is 1. The Morgan fingerprint density at radius 1 is 1.25 bits per heavy atom. The molecule has 3 N–H and O–H groups in total. The Morgan fingerprint density at radius 2 is 2.00 bits per heavy atom. The topological polar surface area (TPSA) is 94.2 Å². The minimum atomic E-state index is -3.55. The number of anilines is 2. The largest absolute Gasteiger partial charge is 0.399 e. The molecule has 0 atom stereocenters. The summed E-state index contributed by atoms with van der Waals surface area (Å²) >= 11 is 0. The van der Waals surface area contributed by atoms with Gasteiger partial charge in [-0.3, -0.25) is 9.52 Å². The van der Waals surface area contributed by atoms with Crippen LogP contribution >= 0.6 is 0 Å². The van der Waals surface area contributed by atoms with Gasteiger partial charge in [0.25, 0.3) is 0 Å². The molecule has 0 radical (unpaired) electrons. The summed E-state index contributed by atoms with van der Waals surface area (Å²) in [4.78, 5) is 11.2. The lowest BCUT2D eigenvalue weighted by atomic mass is 10.2. The molecule has 0 saturated carbocycles. The summed E-state index contributed by atoms with van der Waals surface area (Å²) in [5.74, 6) is -0.180. The Morgan fingerprint density at radius 3 is 2.65 bits per heavy atom. The fraction of sp³-hybridized carbons (Fsp3) is 0.154. The molecule has 0 spiro atoms. The maximum Gasteiger partial charge on any atom is 0.250 e. The van der Waals surface area contributed by atoms with E-state index in [1.807, 2.05) is 0 Å². The van der Waals surface area contributed by atoms with Crippen molar-refractivity contribution < 1.29 is 8.42 Å². The van der Waals surface area contributed by atoms with Gasteiger partial charge in [-0.2, -0.15) is 0 Å². The lowest BCUT2D eigenvalue weighted by Gasteiger charge is -2.09. The first-order valence-corrected chi connectivity index (χ1v) is 7.52. The highest BCUT2D eigenvalue weighted by Gasteiger charge is 2.12. The molecule has 0 amide bonds. The van der Waals surface area contributed by atoms with Crippen LogP contribution in [-0.4, -0.2) is 13.0 Å². The van der Waals surface area contributed by atoms with Gasteiger partial charge in [-0.05, 0) is 23.8 Å². The van der Waals surface area contributed by atoms with Gasteiger partial charge in [-0.15, -0.1) is 0 Å². The lowest BCUT2D eigenvalue weighted by molar-refractivity contribution is 0.600. The number of hydrogen-bond acceptors (Lipinski definition) is 4. The smallest absolute Gasteiger partial charge is 0.250 e. The first-order chi connectivity index (χ1) is 9.35. The highest BCUT2D eigenvalue weighted by atomic mass is 32.2. The van der Waals surface area contributed by atoms with Crippen LogP contribution in [0.4, 0.5) is 11.4 Å². The number of pyridine rings is 1. The second-order valence-electron chi connectivity index (χ2n) is 4.47. The summed E-state index contributed by atoms with van der Waals surface area (Å²) in [6, 6.07) is 9.43. The van der Waals surface area contributed by atoms with Crippen LogP contribution in [0.3, 0.4) is 0 Å². The molecule has 106 valence electrons. The lowest BCUT2D eigenvalue weighted by Crippen LogP contribution is -2.19. The van der Waals surface area contributed by atoms with Gasteiger partial charge in [0.05, 0.1) is 11.4 Å². The van der Waals surface area contributed by atoms with Crippen LogP contribution in [0.15, 0.2) is 47.4 Å². The Labute approximate surface area is 116 Å². The first-order valence-electron chi connectivity index (χ1n) is 5.87. The van der Waals surface area contributed by atoms with Crippen molar-refractivity contribution in [2.45, 2.75) is 5.75 Å². The number of benzene rings is 1. The van der Waals surface area contributed by atoms with Crippen molar-refractivity contribution in [2.24, 2.45) is 7.05 Å². The third-order valence-electron chi connectivity index (χ3n) is 2.67. The zero-order chi connectivity index (χ0) is 14.8. The number of hydrogen-bond donors (Lipinski definition) is 2. The molecule has 2 aromatic rings. The molecule has 0 saturated heterocycles. The maximum absolute atomic E-state index is 12.0. The van der Waals surface area contributed by atoms with E-state index in [9.17, 15) is 13.2 Å². The Balaban J connectivity index is 2.19. The number of nitrogen functional groups attached to an aromatic ring is 1. The van der Waals surface area contributed by atoms with Crippen molar-refractivity contribution in [3.05, 3.63) is 58.5 Å². The molecule has 1 aromatic carbocycles. The fourth-order valence-electron chi connectivity index (χ4n) is 1.77. The number of sulfonamides is 1. The molecule has 7 heteroatoms.